The van der Waals surface area contributed by atoms with Crippen LogP contribution in [0.4, 0.5) is 11.4 Å². The highest BCUT2D eigenvalue weighted by molar-refractivity contribution is 8.01. The van der Waals surface area contributed by atoms with Crippen molar-refractivity contribution in [1.82, 2.24) is 0 Å². The Labute approximate surface area is 213 Å². The Morgan fingerprint density at radius 3 is 2.54 bits per heavy atom. The van der Waals surface area contributed by atoms with Gasteiger partial charge in [0.15, 0.2) is 5.78 Å². The first-order valence-electron chi connectivity index (χ1n) is 11.6. The first-order chi connectivity index (χ1) is 16.6. The van der Waals surface area contributed by atoms with Gasteiger partial charge in [0.25, 0.3) is 5.69 Å². The van der Waals surface area contributed by atoms with Crippen molar-refractivity contribution in [3.63, 3.8) is 0 Å². The lowest BCUT2D eigenvalue weighted by molar-refractivity contribution is -0.384. The number of nitro benzene ring substituents is 1. The van der Waals surface area contributed by atoms with Gasteiger partial charge in [-0.05, 0) is 47.8 Å². The molecule has 1 unspecified atom stereocenters. The number of hydrogen-bond acceptors (Lipinski definition) is 8. The minimum atomic E-state index is -0.515. The third kappa shape index (κ3) is 4.48. The molecule has 0 saturated carbocycles. The van der Waals surface area contributed by atoms with Crippen LogP contribution in [0.15, 0.2) is 57.2 Å². The van der Waals surface area contributed by atoms with Crippen molar-refractivity contribution in [2.75, 3.05) is 10.7 Å². The first kappa shape index (κ1) is 25.0. The van der Waals surface area contributed by atoms with Crippen LogP contribution in [0.1, 0.15) is 56.9 Å². The number of Topliss-reactive ketones (excluding diaryl/α,β-unsaturated/α-hetero) is 1. The number of rotatable bonds is 6. The van der Waals surface area contributed by atoms with E-state index in [9.17, 15) is 20.2 Å². The van der Waals surface area contributed by atoms with E-state index in [1.54, 1.807) is 40.1 Å². The molecule has 2 aliphatic rings. The molecule has 2 heterocycles. The van der Waals surface area contributed by atoms with E-state index in [0.717, 1.165) is 27.6 Å². The number of thiophene rings is 1. The lowest BCUT2D eigenvalue weighted by Crippen LogP contribution is -2.42. The fourth-order valence-corrected chi connectivity index (χ4v) is 7.28. The van der Waals surface area contributed by atoms with E-state index in [-0.39, 0.29) is 22.7 Å². The Morgan fingerprint density at radius 1 is 1.29 bits per heavy atom. The first-order valence-corrected chi connectivity index (χ1v) is 13.4. The number of nitriles is 1. The SMILES string of the molecule is CCSc1sc(CC)cc1C1C(C#N)=C(N)N(c2ccc([N+](=O)[O-])cc2)C2=C1C(=O)CC(C)(C)C2. The zero-order valence-corrected chi connectivity index (χ0v) is 21.9. The summed E-state index contributed by atoms with van der Waals surface area (Å²) in [6.45, 7) is 8.29. The van der Waals surface area contributed by atoms with Crippen LogP contribution in [0, 0.1) is 26.9 Å². The van der Waals surface area contributed by atoms with Crippen LogP contribution >= 0.6 is 23.1 Å². The summed E-state index contributed by atoms with van der Waals surface area (Å²) in [5.74, 6) is 0.655. The maximum absolute atomic E-state index is 13.7. The molecule has 1 atom stereocenters. The molecule has 0 bridgehead atoms. The molecule has 2 N–H and O–H groups in total. The molecule has 182 valence electrons. The summed E-state index contributed by atoms with van der Waals surface area (Å²) >= 11 is 3.43. The van der Waals surface area contributed by atoms with Gasteiger partial charge in [-0.1, -0.05) is 27.7 Å². The minimum absolute atomic E-state index is 0.0186. The zero-order chi connectivity index (χ0) is 25.5. The number of nitrogens with zero attached hydrogens (tertiary/aromatic N) is 3. The molecule has 2 aromatic rings. The number of hydrogen-bond donors (Lipinski definition) is 1. The molecule has 0 spiro atoms. The fourth-order valence-electron chi connectivity index (χ4n) is 4.90. The summed E-state index contributed by atoms with van der Waals surface area (Å²) in [6, 6.07) is 10.5. The third-order valence-electron chi connectivity index (χ3n) is 6.41. The van der Waals surface area contributed by atoms with Crippen LogP contribution < -0.4 is 10.6 Å². The maximum Gasteiger partial charge on any atom is 0.269 e. The van der Waals surface area contributed by atoms with Crippen LogP contribution in [-0.4, -0.2) is 16.5 Å². The standard InChI is InChI=1S/C26H28N4O3S2/c1-5-17-11-18(25(35-17)34-6-2)22-19(14-27)24(28)29(15-7-9-16(10-8-15)30(32)33)20-12-26(3,4)13-21(31)23(20)22/h7-11,22H,5-6,12-13,28H2,1-4H3. The lowest BCUT2D eigenvalue weighted by atomic mass is 9.69. The predicted molar refractivity (Wildman–Crippen MR) is 140 cm³/mol. The number of nitrogens with two attached hydrogens (primary N) is 1. The number of aryl methyl sites for hydroxylation is 1. The van der Waals surface area contributed by atoms with Gasteiger partial charge in [0.1, 0.15) is 5.82 Å². The van der Waals surface area contributed by atoms with Crippen molar-refractivity contribution in [3.8, 4) is 6.07 Å². The number of ketones is 1. The van der Waals surface area contributed by atoms with E-state index in [1.165, 1.54) is 17.0 Å². The Morgan fingerprint density at radius 2 is 1.97 bits per heavy atom. The number of thioether (sulfide) groups is 1. The molecule has 0 saturated heterocycles. The second kappa shape index (κ2) is 9.51. The molecule has 0 radical (unpaired) electrons. The van der Waals surface area contributed by atoms with Gasteiger partial charge < -0.3 is 5.73 Å². The number of allylic oxidation sites excluding steroid dienone is 3. The molecular formula is C26H28N4O3S2. The maximum atomic E-state index is 13.7. The van der Waals surface area contributed by atoms with Crippen LogP contribution in [0.3, 0.4) is 0 Å². The Balaban J connectivity index is 1.98. The quantitative estimate of drug-likeness (QED) is 0.278. The minimum Gasteiger partial charge on any atom is -0.384 e. The van der Waals surface area contributed by atoms with Gasteiger partial charge in [0.2, 0.25) is 0 Å². The summed E-state index contributed by atoms with van der Waals surface area (Å²) in [4.78, 5) is 27.4. The summed E-state index contributed by atoms with van der Waals surface area (Å²) < 4.78 is 1.11. The van der Waals surface area contributed by atoms with E-state index in [4.69, 9.17) is 5.73 Å². The molecule has 0 amide bonds. The third-order valence-corrected chi connectivity index (χ3v) is 8.89. The molecule has 4 rings (SSSR count). The van der Waals surface area contributed by atoms with Gasteiger partial charge in [0.05, 0.1) is 26.7 Å². The highest BCUT2D eigenvalue weighted by atomic mass is 32.2. The van der Waals surface area contributed by atoms with Crippen molar-refractivity contribution in [3.05, 3.63) is 73.6 Å². The van der Waals surface area contributed by atoms with Gasteiger partial charge in [-0.15, -0.1) is 23.1 Å². The summed E-state index contributed by atoms with van der Waals surface area (Å²) in [5.41, 5.74) is 9.68. The normalized spacial score (nSPS) is 19.6. The van der Waals surface area contributed by atoms with E-state index >= 15 is 0 Å². The Kier molecular flexibility index (Phi) is 6.80. The summed E-state index contributed by atoms with van der Waals surface area (Å²) in [7, 11) is 0. The average Bonchev–Trinajstić information content (AvgIpc) is 3.20. The average molecular weight is 509 g/mol. The number of benzene rings is 1. The molecule has 1 aromatic heterocycles. The van der Waals surface area contributed by atoms with E-state index in [2.05, 4.69) is 39.8 Å². The number of nitro groups is 1. The predicted octanol–water partition coefficient (Wildman–Crippen LogP) is 6.27. The van der Waals surface area contributed by atoms with Crippen LogP contribution in [0.25, 0.3) is 0 Å². The second-order valence-electron chi connectivity index (χ2n) is 9.50. The number of non-ortho nitro benzene ring substituents is 1. The van der Waals surface area contributed by atoms with Gasteiger partial charge in [0, 0.05) is 40.4 Å². The van der Waals surface area contributed by atoms with Crippen molar-refractivity contribution < 1.29 is 9.72 Å². The highest BCUT2D eigenvalue weighted by Crippen LogP contribution is 2.52. The van der Waals surface area contributed by atoms with E-state index in [0.29, 0.717) is 29.7 Å². The molecule has 9 heteroatoms. The van der Waals surface area contributed by atoms with Crippen LogP contribution in [0.2, 0.25) is 0 Å². The zero-order valence-electron chi connectivity index (χ0n) is 20.3. The van der Waals surface area contributed by atoms with Gasteiger partial charge >= 0.3 is 0 Å². The van der Waals surface area contributed by atoms with Crippen molar-refractivity contribution in [2.45, 2.75) is 57.1 Å². The smallest absolute Gasteiger partial charge is 0.269 e. The Hall–Kier alpha value is -3.09. The van der Waals surface area contributed by atoms with Gasteiger partial charge in [-0.3, -0.25) is 19.8 Å². The second-order valence-corrected chi connectivity index (χ2v) is 12.2. The molecule has 1 aromatic carbocycles. The lowest BCUT2D eigenvalue weighted by Gasteiger charge is -2.43. The number of carbonyl (C=O) groups is 1. The molecular weight excluding hydrogens is 480 g/mol. The highest BCUT2D eigenvalue weighted by Gasteiger charge is 2.45. The van der Waals surface area contributed by atoms with E-state index < -0.39 is 10.8 Å². The molecule has 0 fully saturated rings. The van der Waals surface area contributed by atoms with Crippen LogP contribution in [-0.2, 0) is 11.2 Å². The molecule has 1 aliphatic heterocycles. The van der Waals surface area contributed by atoms with Gasteiger partial charge in [-0.25, -0.2) is 0 Å². The monoisotopic (exact) mass is 508 g/mol. The number of carbonyl (C=O) groups excluding carboxylic acids is 1. The van der Waals surface area contributed by atoms with Crippen LogP contribution in [0.5, 0.6) is 0 Å². The number of anilines is 1. The van der Waals surface area contributed by atoms with Crippen molar-refractivity contribution >= 4 is 40.3 Å². The van der Waals surface area contributed by atoms with Crippen molar-refractivity contribution in [2.24, 2.45) is 11.1 Å². The van der Waals surface area contributed by atoms with Crippen molar-refractivity contribution in [1.29, 1.82) is 5.26 Å². The summed E-state index contributed by atoms with van der Waals surface area (Å²) in [5, 5.41) is 21.5. The van der Waals surface area contributed by atoms with Gasteiger partial charge in [-0.2, -0.15) is 5.26 Å². The molecule has 35 heavy (non-hydrogen) atoms. The molecule has 1 aliphatic carbocycles. The summed E-state index contributed by atoms with van der Waals surface area (Å²) in [6.07, 6.45) is 1.86. The topological polar surface area (TPSA) is 113 Å². The van der Waals surface area contributed by atoms with E-state index in [1.807, 2.05) is 0 Å². The fraction of sp³-hybridized carbons (Fsp3) is 0.385. The Bertz CT molecular complexity index is 1300. The largest absolute Gasteiger partial charge is 0.384 e. The molecule has 7 nitrogen and oxygen atoms in total.